The molecule has 0 aliphatic heterocycles. The highest BCUT2D eigenvalue weighted by molar-refractivity contribution is 9.11. The van der Waals surface area contributed by atoms with Crippen LogP contribution in [-0.4, -0.2) is 35.9 Å². The molecule has 1 aromatic carbocycles. The number of fused-ring (bicyclic) bond motifs is 1. The summed E-state index contributed by atoms with van der Waals surface area (Å²) in [6.45, 7) is -0.227. The molecule has 0 atom stereocenters. The van der Waals surface area contributed by atoms with Gasteiger partial charge >= 0.3 is 5.69 Å². The number of nitrogens with one attached hydrogen (secondary N) is 1. The number of aromatic hydroxyl groups is 1. The predicted octanol–water partition coefficient (Wildman–Crippen LogP) is 0.815. The highest BCUT2D eigenvalue weighted by Gasteiger charge is 2.15. The zero-order chi connectivity index (χ0) is 20.6. The summed E-state index contributed by atoms with van der Waals surface area (Å²) in [5, 5.41) is 13.8. The van der Waals surface area contributed by atoms with Gasteiger partial charge in [0, 0.05) is 24.1 Å². The van der Waals surface area contributed by atoms with E-state index in [0.717, 1.165) is 9.04 Å². The Bertz CT molecular complexity index is 1240. The summed E-state index contributed by atoms with van der Waals surface area (Å²) >= 11 is 6.51. The average molecular weight is 514 g/mol. The maximum Gasteiger partial charge on any atom is 0.332 e. The standard InChI is InChI=1S/C16H14Br2N6O4/c1-22-14-12(15(27)23(2)16(22)28)24(7-19-14)6-11(25)21-20-5-8-3-9(17)4-10(18)13(8)26/h3-5,7,26H,6H2,1-2H3,(H,21,25)/b20-5-. The van der Waals surface area contributed by atoms with Gasteiger partial charge in [0.2, 0.25) is 0 Å². The van der Waals surface area contributed by atoms with Crippen LogP contribution in [-0.2, 0) is 25.4 Å². The normalized spacial score (nSPS) is 11.4. The van der Waals surface area contributed by atoms with E-state index in [0.29, 0.717) is 10.0 Å². The SMILES string of the molecule is Cn1c(=O)c2c(ncn2CC(=O)N/N=C\c2cc(Br)cc(Br)c2O)n(C)c1=O. The molecule has 10 nitrogen and oxygen atoms in total. The molecule has 3 aromatic rings. The van der Waals surface area contributed by atoms with E-state index in [4.69, 9.17) is 0 Å². The third kappa shape index (κ3) is 3.64. The number of hydrogen-bond acceptors (Lipinski definition) is 6. The van der Waals surface area contributed by atoms with Gasteiger partial charge in [-0.1, -0.05) is 15.9 Å². The number of imidazole rings is 1. The Morgan fingerprint density at radius 1 is 1.29 bits per heavy atom. The molecule has 0 bridgehead atoms. The van der Waals surface area contributed by atoms with Crippen molar-refractivity contribution in [2.45, 2.75) is 6.54 Å². The lowest BCUT2D eigenvalue weighted by Crippen LogP contribution is -2.38. The number of halogens is 2. The van der Waals surface area contributed by atoms with Crippen molar-refractivity contribution in [2.75, 3.05) is 0 Å². The highest BCUT2D eigenvalue weighted by atomic mass is 79.9. The lowest BCUT2D eigenvalue weighted by atomic mass is 10.2. The first-order valence-electron chi connectivity index (χ1n) is 7.81. The zero-order valence-corrected chi connectivity index (χ0v) is 17.9. The molecule has 0 unspecified atom stereocenters. The summed E-state index contributed by atoms with van der Waals surface area (Å²) in [5.41, 5.74) is 1.99. The minimum Gasteiger partial charge on any atom is -0.506 e. The van der Waals surface area contributed by atoms with Gasteiger partial charge < -0.3 is 9.67 Å². The molecule has 0 aliphatic carbocycles. The van der Waals surface area contributed by atoms with E-state index in [2.05, 4.69) is 47.4 Å². The number of hydrogen-bond donors (Lipinski definition) is 2. The van der Waals surface area contributed by atoms with Gasteiger partial charge in [-0.15, -0.1) is 0 Å². The second-order valence-corrected chi connectivity index (χ2v) is 7.64. The van der Waals surface area contributed by atoms with E-state index in [1.54, 1.807) is 12.1 Å². The minimum atomic E-state index is -0.546. The Labute approximate surface area is 174 Å². The maximum atomic E-state index is 12.4. The first kappa shape index (κ1) is 20.0. The zero-order valence-electron chi connectivity index (χ0n) is 14.7. The number of nitrogens with zero attached hydrogens (tertiary/aromatic N) is 5. The fraction of sp³-hybridized carbons (Fsp3) is 0.188. The molecule has 0 fully saturated rings. The summed E-state index contributed by atoms with van der Waals surface area (Å²) in [6.07, 6.45) is 2.60. The summed E-state index contributed by atoms with van der Waals surface area (Å²) in [5.74, 6) is -0.536. The molecule has 0 saturated carbocycles. The monoisotopic (exact) mass is 512 g/mol. The minimum absolute atomic E-state index is 0.0220. The molecule has 2 heterocycles. The van der Waals surface area contributed by atoms with E-state index in [-0.39, 0.29) is 23.5 Å². The van der Waals surface area contributed by atoms with Gasteiger partial charge in [0.15, 0.2) is 11.2 Å². The number of aromatic nitrogens is 4. The van der Waals surface area contributed by atoms with Gasteiger partial charge in [-0.25, -0.2) is 15.2 Å². The van der Waals surface area contributed by atoms with Crippen LogP contribution in [0.3, 0.4) is 0 Å². The summed E-state index contributed by atoms with van der Waals surface area (Å²) in [4.78, 5) is 40.5. The Balaban J connectivity index is 1.81. The van der Waals surface area contributed by atoms with Crippen molar-refractivity contribution in [2.24, 2.45) is 19.2 Å². The third-order valence-corrected chi connectivity index (χ3v) is 5.04. The number of carbonyl (C=O) groups is 1. The molecule has 0 aliphatic rings. The van der Waals surface area contributed by atoms with E-state index < -0.39 is 17.2 Å². The molecule has 28 heavy (non-hydrogen) atoms. The van der Waals surface area contributed by atoms with Crippen molar-refractivity contribution in [3.05, 3.63) is 53.8 Å². The van der Waals surface area contributed by atoms with Gasteiger partial charge in [0.25, 0.3) is 11.5 Å². The number of carbonyl (C=O) groups excluding carboxylic acids is 1. The van der Waals surface area contributed by atoms with Gasteiger partial charge in [-0.3, -0.25) is 18.7 Å². The fourth-order valence-electron chi connectivity index (χ4n) is 2.57. The number of benzene rings is 1. The molecule has 2 aromatic heterocycles. The van der Waals surface area contributed by atoms with Crippen LogP contribution in [0.2, 0.25) is 0 Å². The topological polar surface area (TPSA) is 124 Å². The number of phenolic OH excluding ortho intramolecular Hbond substituents is 1. The van der Waals surface area contributed by atoms with Crippen LogP contribution < -0.4 is 16.7 Å². The molecule has 0 spiro atoms. The van der Waals surface area contributed by atoms with Crippen LogP contribution in [0.25, 0.3) is 11.2 Å². The van der Waals surface area contributed by atoms with E-state index in [9.17, 15) is 19.5 Å². The number of hydrazone groups is 1. The molecule has 0 saturated heterocycles. The van der Waals surface area contributed by atoms with Crippen molar-refractivity contribution in [3.63, 3.8) is 0 Å². The van der Waals surface area contributed by atoms with Crippen LogP contribution in [0.4, 0.5) is 0 Å². The molecule has 2 N–H and O–H groups in total. The van der Waals surface area contributed by atoms with E-state index in [1.165, 1.54) is 35.8 Å². The van der Waals surface area contributed by atoms with Crippen LogP contribution in [0.1, 0.15) is 5.56 Å². The van der Waals surface area contributed by atoms with Crippen LogP contribution in [0.5, 0.6) is 5.75 Å². The van der Waals surface area contributed by atoms with E-state index >= 15 is 0 Å². The molecular weight excluding hydrogens is 500 g/mol. The Kier molecular flexibility index (Phi) is 5.52. The van der Waals surface area contributed by atoms with Crippen molar-refractivity contribution >= 4 is 55.1 Å². The molecular formula is C16H14Br2N6O4. The number of aryl methyl sites for hydroxylation is 1. The largest absolute Gasteiger partial charge is 0.506 e. The Hall–Kier alpha value is -2.73. The fourth-order valence-corrected chi connectivity index (χ4v) is 3.82. The first-order valence-corrected chi connectivity index (χ1v) is 9.40. The number of rotatable bonds is 4. The molecule has 0 radical (unpaired) electrons. The van der Waals surface area contributed by atoms with Gasteiger partial charge in [-0.2, -0.15) is 5.10 Å². The highest BCUT2D eigenvalue weighted by Crippen LogP contribution is 2.30. The molecule has 146 valence electrons. The second-order valence-electron chi connectivity index (χ2n) is 5.87. The second kappa shape index (κ2) is 7.72. The van der Waals surface area contributed by atoms with Crippen LogP contribution in [0, 0.1) is 0 Å². The van der Waals surface area contributed by atoms with Crippen molar-refractivity contribution in [3.8, 4) is 5.75 Å². The van der Waals surface area contributed by atoms with Crippen molar-refractivity contribution < 1.29 is 9.90 Å². The smallest absolute Gasteiger partial charge is 0.332 e. The van der Waals surface area contributed by atoms with Crippen LogP contribution >= 0.6 is 31.9 Å². The predicted molar refractivity (Wildman–Crippen MR) is 109 cm³/mol. The van der Waals surface area contributed by atoms with Crippen LogP contribution in [0.15, 0.2) is 42.1 Å². The molecule has 1 amide bonds. The third-order valence-electron chi connectivity index (χ3n) is 3.98. The van der Waals surface area contributed by atoms with Gasteiger partial charge in [0.1, 0.15) is 12.3 Å². The maximum absolute atomic E-state index is 12.4. The van der Waals surface area contributed by atoms with Gasteiger partial charge in [-0.05, 0) is 28.1 Å². The summed E-state index contributed by atoms with van der Waals surface area (Å²) < 4.78 is 4.72. The summed E-state index contributed by atoms with van der Waals surface area (Å²) in [6, 6.07) is 3.30. The van der Waals surface area contributed by atoms with E-state index in [1.807, 2.05) is 0 Å². The first-order chi connectivity index (χ1) is 13.2. The van der Waals surface area contributed by atoms with Crippen molar-refractivity contribution in [1.29, 1.82) is 0 Å². The Morgan fingerprint density at radius 2 is 2.00 bits per heavy atom. The lowest BCUT2D eigenvalue weighted by molar-refractivity contribution is -0.121. The van der Waals surface area contributed by atoms with Gasteiger partial charge in [0.05, 0.1) is 17.0 Å². The number of amides is 1. The van der Waals surface area contributed by atoms with Crippen molar-refractivity contribution in [1.82, 2.24) is 24.1 Å². The number of phenols is 1. The molecule has 3 rings (SSSR count). The molecule has 12 heteroatoms. The lowest BCUT2D eigenvalue weighted by Gasteiger charge is -2.06. The average Bonchev–Trinajstić information content (AvgIpc) is 3.05. The Morgan fingerprint density at radius 3 is 2.71 bits per heavy atom. The summed E-state index contributed by atoms with van der Waals surface area (Å²) in [7, 11) is 2.85. The quantitative estimate of drug-likeness (QED) is 0.395.